The molecule has 0 spiro atoms. The van der Waals surface area contributed by atoms with Gasteiger partial charge in [-0.15, -0.1) is 0 Å². The minimum atomic E-state index is -0.287. The van der Waals surface area contributed by atoms with Crippen molar-refractivity contribution in [1.29, 1.82) is 0 Å². The zero-order valence-corrected chi connectivity index (χ0v) is 12.8. The Labute approximate surface area is 130 Å². The van der Waals surface area contributed by atoms with Gasteiger partial charge in [-0.05, 0) is 37.0 Å². The highest BCUT2D eigenvalue weighted by atomic mass is 35.5. The molecule has 0 heterocycles. The van der Waals surface area contributed by atoms with E-state index < -0.39 is 0 Å². The van der Waals surface area contributed by atoms with Crippen LogP contribution in [0.3, 0.4) is 0 Å². The maximum atomic E-state index is 11.9. The van der Waals surface area contributed by atoms with Crippen LogP contribution >= 0.6 is 11.6 Å². The highest BCUT2D eigenvalue weighted by molar-refractivity contribution is 6.30. The van der Waals surface area contributed by atoms with Crippen LogP contribution in [0.4, 0.5) is 0 Å². The fourth-order valence-electron chi connectivity index (χ4n) is 2.60. The van der Waals surface area contributed by atoms with Crippen LogP contribution in [0, 0.1) is 5.92 Å². The Morgan fingerprint density at radius 3 is 2.62 bits per heavy atom. The standard InChI is InChI=1S/C16H21ClN2O2/c17-14-8-4-7-13(9-14)16(21)19-11-15(20)18-10-12-5-2-1-3-6-12/h4,7-9,12H,1-3,5-6,10-11H2,(H,18,20)(H,19,21). The molecule has 2 amide bonds. The Hall–Kier alpha value is -1.55. The van der Waals surface area contributed by atoms with Gasteiger partial charge in [0.2, 0.25) is 5.91 Å². The van der Waals surface area contributed by atoms with E-state index in [9.17, 15) is 9.59 Å². The molecule has 1 aliphatic carbocycles. The molecular formula is C16H21ClN2O2. The van der Waals surface area contributed by atoms with Gasteiger partial charge in [-0.25, -0.2) is 0 Å². The van der Waals surface area contributed by atoms with Crippen molar-refractivity contribution in [1.82, 2.24) is 10.6 Å². The van der Waals surface area contributed by atoms with Gasteiger partial charge in [-0.3, -0.25) is 9.59 Å². The van der Waals surface area contributed by atoms with Crippen LogP contribution in [0.25, 0.3) is 0 Å². The summed E-state index contributed by atoms with van der Waals surface area (Å²) in [4.78, 5) is 23.6. The third kappa shape index (κ3) is 5.38. The summed E-state index contributed by atoms with van der Waals surface area (Å²) >= 11 is 5.83. The molecule has 1 aromatic carbocycles. The predicted molar refractivity (Wildman–Crippen MR) is 83.4 cm³/mol. The molecule has 4 nitrogen and oxygen atoms in total. The van der Waals surface area contributed by atoms with Crippen LogP contribution in [0.2, 0.25) is 5.02 Å². The molecule has 0 unspecified atom stereocenters. The molecule has 1 aromatic rings. The van der Waals surface area contributed by atoms with E-state index in [1.807, 2.05) is 0 Å². The number of nitrogens with one attached hydrogen (secondary N) is 2. The summed E-state index contributed by atoms with van der Waals surface area (Å²) in [5.74, 6) is 0.160. The number of benzene rings is 1. The first-order valence-electron chi connectivity index (χ1n) is 7.45. The summed E-state index contributed by atoms with van der Waals surface area (Å²) in [6.45, 7) is 0.712. The van der Waals surface area contributed by atoms with Gasteiger partial charge in [0.1, 0.15) is 0 Å². The topological polar surface area (TPSA) is 58.2 Å². The van der Waals surface area contributed by atoms with Gasteiger partial charge in [0.25, 0.3) is 5.91 Å². The number of halogens is 1. The van der Waals surface area contributed by atoms with Crippen LogP contribution in [-0.2, 0) is 4.79 Å². The van der Waals surface area contributed by atoms with Crippen molar-refractivity contribution in [3.63, 3.8) is 0 Å². The van der Waals surface area contributed by atoms with E-state index in [1.165, 1.54) is 32.1 Å². The Bertz CT molecular complexity index is 499. The molecule has 114 valence electrons. The molecule has 0 aromatic heterocycles. The Morgan fingerprint density at radius 1 is 1.14 bits per heavy atom. The first kappa shape index (κ1) is 15.8. The zero-order valence-electron chi connectivity index (χ0n) is 12.0. The molecule has 0 aliphatic heterocycles. The van der Waals surface area contributed by atoms with Gasteiger partial charge in [0.05, 0.1) is 6.54 Å². The largest absolute Gasteiger partial charge is 0.354 e. The predicted octanol–water partition coefficient (Wildman–Crippen LogP) is 2.77. The first-order chi connectivity index (χ1) is 10.1. The lowest BCUT2D eigenvalue weighted by Gasteiger charge is -2.21. The van der Waals surface area contributed by atoms with E-state index in [4.69, 9.17) is 11.6 Å². The second kappa shape index (κ2) is 8.03. The molecule has 2 rings (SSSR count). The van der Waals surface area contributed by atoms with E-state index in [0.29, 0.717) is 23.0 Å². The van der Waals surface area contributed by atoms with Crippen LogP contribution < -0.4 is 10.6 Å². The summed E-state index contributed by atoms with van der Waals surface area (Å²) in [5.41, 5.74) is 0.461. The highest BCUT2D eigenvalue weighted by Crippen LogP contribution is 2.22. The average Bonchev–Trinajstić information content (AvgIpc) is 2.51. The number of carbonyl (C=O) groups excluding carboxylic acids is 2. The summed E-state index contributed by atoms with van der Waals surface area (Å²) in [5, 5.41) is 6.00. The third-order valence-electron chi connectivity index (χ3n) is 3.81. The van der Waals surface area contributed by atoms with E-state index in [0.717, 1.165) is 0 Å². The quantitative estimate of drug-likeness (QED) is 0.878. The van der Waals surface area contributed by atoms with Crippen LogP contribution in [0.1, 0.15) is 42.5 Å². The van der Waals surface area contributed by atoms with Crippen LogP contribution in [-0.4, -0.2) is 24.9 Å². The molecule has 0 saturated heterocycles. The number of hydrogen-bond donors (Lipinski definition) is 2. The van der Waals surface area contributed by atoms with Crippen molar-refractivity contribution in [3.8, 4) is 0 Å². The first-order valence-corrected chi connectivity index (χ1v) is 7.83. The normalized spacial score (nSPS) is 15.5. The number of hydrogen-bond acceptors (Lipinski definition) is 2. The Balaban J connectivity index is 1.69. The van der Waals surface area contributed by atoms with Gasteiger partial charge in [0.15, 0.2) is 0 Å². The Morgan fingerprint density at radius 2 is 1.90 bits per heavy atom. The number of carbonyl (C=O) groups is 2. The Kier molecular flexibility index (Phi) is 6.05. The van der Waals surface area contributed by atoms with E-state index in [-0.39, 0.29) is 18.4 Å². The van der Waals surface area contributed by atoms with Crippen molar-refractivity contribution in [3.05, 3.63) is 34.9 Å². The molecule has 5 heteroatoms. The van der Waals surface area contributed by atoms with Crippen molar-refractivity contribution in [2.45, 2.75) is 32.1 Å². The van der Waals surface area contributed by atoms with Gasteiger partial charge in [-0.2, -0.15) is 0 Å². The maximum absolute atomic E-state index is 11.9. The highest BCUT2D eigenvalue weighted by Gasteiger charge is 2.14. The molecule has 1 fully saturated rings. The second-order valence-electron chi connectivity index (χ2n) is 5.50. The van der Waals surface area contributed by atoms with Crippen molar-refractivity contribution in [2.75, 3.05) is 13.1 Å². The van der Waals surface area contributed by atoms with Gasteiger partial charge in [-0.1, -0.05) is 36.9 Å². The van der Waals surface area contributed by atoms with E-state index in [2.05, 4.69) is 10.6 Å². The van der Waals surface area contributed by atoms with Gasteiger partial charge in [0, 0.05) is 17.1 Å². The molecule has 2 N–H and O–H groups in total. The van der Waals surface area contributed by atoms with Crippen molar-refractivity contribution >= 4 is 23.4 Å². The van der Waals surface area contributed by atoms with Crippen molar-refractivity contribution in [2.24, 2.45) is 5.92 Å². The minimum absolute atomic E-state index is 0.00192. The lowest BCUT2D eigenvalue weighted by molar-refractivity contribution is -0.120. The molecule has 1 saturated carbocycles. The second-order valence-corrected chi connectivity index (χ2v) is 5.94. The van der Waals surface area contributed by atoms with E-state index >= 15 is 0 Å². The average molecular weight is 309 g/mol. The number of rotatable bonds is 5. The SMILES string of the molecule is O=C(CNC(=O)c1cccc(Cl)c1)NCC1CCCCC1. The molecule has 0 atom stereocenters. The summed E-state index contributed by atoms with van der Waals surface area (Å²) in [6.07, 6.45) is 6.20. The summed E-state index contributed by atoms with van der Waals surface area (Å²) < 4.78 is 0. The fraction of sp³-hybridized carbons (Fsp3) is 0.500. The maximum Gasteiger partial charge on any atom is 0.251 e. The smallest absolute Gasteiger partial charge is 0.251 e. The lowest BCUT2D eigenvalue weighted by atomic mass is 9.89. The summed E-state index contributed by atoms with van der Waals surface area (Å²) in [6, 6.07) is 6.66. The van der Waals surface area contributed by atoms with Crippen LogP contribution in [0.5, 0.6) is 0 Å². The van der Waals surface area contributed by atoms with Gasteiger partial charge >= 0.3 is 0 Å². The fourth-order valence-corrected chi connectivity index (χ4v) is 2.79. The van der Waals surface area contributed by atoms with Gasteiger partial charge < -0.3 is 10.6 Å². The molecule has 21 heavy (non-hydrogen) atoms. The van der Waals surface area contributed by atoms with Crippen molar-refractivity contribution < 1.29 is 9.59 Å². The molecule has 1 aliphatic rings. The minimum Gasteiger partial charge on any atom is -0.354 e. The third-order valence-corrected chi connectivity index (χ3v) is 4.04. The molecular weight excluding hydrogens is 288 g/mol. The summed E-state index contributed by atoms with van der Waals surface area (Å²) in [7, 11) is 0. The zero-order chi connectivity index (χ0) is 15.1. The number of amides is 2. The van der Waals surface area contributed by atoms with Crippen LogP contribution in [0.15, 0.2) is 24.3 Å². The molecule has 0 bridgehead atoms. The lowest BCUT2D eigenvalue weighted by Crippen LogP contribution is -2.39. The molecule has 0 radical (unpaired) electrons. The monoisotopic (exact) mass is 308 g/mol. The van der Waals surface area contributed by atoms with E-state index in [1.54, 1.807) is 24.3 Å².